The Hall–Kier alpha value is -1.54. The molecule has 0 saturated carbocycles. The molecule has 3 heteroatoms. The minimum absolute atomic E-state index is 0.216. The van der Waals surface area contributed by atoms with Crippen LogP contribution in [0.4, 0.5) is 10.1 Å². The second kappa shape index (κ2) is 4.99. The molecule has 2 aromatic carbocycles. The molecule has 0 saturated heterocycles. The van der Waals surface area contributed by atoms with Gasteiger partial charge in [-0.25, -0.2) is 4.39 Å². The van der Waals surface area contributed by atoms with Crippen LogP contribution in [-0.4, -0.2) is 0 Å². The van der Waals surface area contributed by atoms with E-state index in [-0.39, 0.29) is 5.82 Å². The largest absolute Gasteiger partial charge is 0.381 e. The average molecular weight is 236 g/mol. The summed E-state index contributed by atoms with van der Waals surface area (Å²) >= 11 is 5.86. The minimum atomic E-state index is -0.216. The number of anilines is 1. The molecule has 2 rings (SSSR count). The van der Waals surface area contributed by atoms with E-state index in [0.29, 0.717) is 11.6 Å². The quantitative estimate of drug-likeness (QED) is 0.845. The fourth-order valence-electron chi connectivity index (χ4n) is 1.40. The van der Waals surface area contributed by atoms with Crippen molar-refractivity contribution in [2.45, 2.75) is 6.54 Å². The van der Waals surface area contributed by atoms with Gasteiger partial charge in [-0.05, 0) is 35.9 Å². The van der Waals surface area contributed by atoms with E-state index in [9.17, 15) is 4.39 Å². The summed E-state index contributed by atoms with van der Waals surface area (Å²) in [6, 6.07) is 13.9. The van der Waals surface area contributed by atoms with Gasteiger partial charge in [-0.1, -0.05) is 29.8 Å². The summed E-state index contributed by atoms with van der Waals surface area (Å²) in [5.41, 5.74) is 1.98. The van der Waals surface area contributed by atoms with Gasteiger partial charge in [0.05, 0.1) is 0 Å². The molecule has 82 valence electrons. The van der Waals surface area contributed by atoms with E-state index >= 15 is 0 Å². The molecule has 0 aliphatic rings. The first kappa shape index (κ1) is 11.0. The maximum Gasteiger partial charge on any atom is 0.123 e. The lowest BCUT2D eigenvalue weighted by Crippen LogP contribution is -1.98. The van der Waals surface area contributed by atoms with Gasteiger partial charge in [0.2, 0.25) is 0 Å². The van der Waals surface area contributed by atoms with Crippen LogP contribution in [0.2, 0.25) is 5.02 Å². The van der Waals surface area contributed by atoms with Crippen LogP contribution in [-0.2, 0) is 6.54 Å². The Morgan fingerprint density at radius 2 is 1.81 bits per heavy atom. The van der Waals surface area contributed by atoms with Crippen LogP contribution in [0.25, 0.3) is 0 Å². The molecule has 0 unspecified atom stereocenters. The lowest BCUT2D eigenvalue weighted by atomic mass is 10.2. The fraction of sp³-hybridized carbons (Fsp3) is 0.0769. The van der Waals surface area contributed by atoms with Crippen molar-refractivity contribution in [3.8, 4) is 0 Å². The van der Waals surface area contributed by atoms with Gasteiger partial charge in [0, 0.05) is 17.3 Å². The Kier molecular flexibility index (Phi) is 3.42. The first-order valence-electron chi connectivity index (χ1n) is 4.98. The van der Waals surface area contributed by atoms with E-state index in [2.05, 4.69) is 5.32 Å². The smallest absolute Gasteiger partial charge is 0.123 e. The minimum Gasteiger partial charge on any atom is -0.381 e. The predicted molar refractivity (Wildman–Crippen MR) is 65.2 cm³/mol. The first-order chi connectivity index (χ1) is 7.74. The van der Waals surface area contributed by atoms with E-state index in [1.807, 2.05) is 24.3 Å². The van der Waals surface area contributed by atoms with Crippen molar-refractivity contribution in [1.29, 1.82) is 0 Å². The zero-order valence-electron chi connectivity index (χ0n) is 8.58. The van der Waals surface area contributed by atoms with Crippen molar-refractivity contribution >= 4 is 17.3 Å². The number of hydrogen-bond acceptors (Lipinski definition) is 1. The van der Waals surface area contributed by atoms with Crippen LogP contribution >= 0.6 is 11.6 Å². The van der Waals surface area contributed by atoms with Crippen LogP contribution in [0.3, 0.4) is 0 Å². The van der Waals surface area contributed by atoms with E-state index in [4.69, 9.17) is 11.6 Å². The number of halogens is 2. The zero-order valence-corrected chi connectivity index (χ0v) is 9.34. The van der Waals surface area contributed by atoms with Crippen LogP contribution in [0.15, 0.2) is 48.5 Å². The summed E-state index contributed by atoms with van der Waals surface area (Å²) in [7, 11) is 0. The van der Waals surface area contributed by atoms with Crippen LogP contribution in [0.1, 0.15) is 5.56 Å². The molecule has 0 radical (unpaired) electrons. The first-order valence-corrected chi connectivity index (χ1v) is 5.36. The Labute approximate surface area is 98.9 Å². The van der Waals surface area contributed by atoms with Crippen LogP contribution in [0, 0.1) is 5.82 Å². The predicted octanol–water partition coefficient (Wildman–Crippen LogP) is 4.09. The summed E-state index contributed by atoms with van der Waals surface area (Å²) in [4.78, 5) is 0. The van der Waals surface area contributed by atoms with Crippen molar-refractivity contribution in [2.24, 2.45) is 0 Å². The molecular formula is C13H11ClFN. The van der Waals surface area contributed by atoms with Gasteiger partial charge in [0.15, 0.2) is 0 Å². The van der Waals surface area contributed by atoms with Gasteiger partial charge in [0.25, 0.3) is 0 Å². The van der Waals surface area contributed by atoms with Gasteiger partial charge in [-0.15, -0.1) is 0 Å². The standard InChI is InChI=1S/C13H11ClFN/c14-11-2-1-3-13(8-11)16-9-10-4-6-12(15)7-5-10/h1-8,16H,9H2. The summed E-state index contributed by atoms with van der Waals surface area (Å²) in [5.74, 6) is -0.216. The molecule has 0 aliphatic carbocycles. The van der Waals surface area contributed by atoms with Crippen molar-refractivity contribution in [3.05, 3.63) is 64.9 Å². The maximum absolute atomic E-state index is 12.7. The fourth-order valence-corrected chi connectivity index (χ4v) is 1.60. The highest BCUT2D eigenvalue weighted by Gasteiger charge is 1.95. The summed E-state index contributed by atoms with van der Waals surface area (Å²) in [6.45, 7) is 0.653. The van der Waals surface area contributed by atoms with Gasteiger partial charge < -0.3 is 5.32 Å². The highest BCUT2D eigenvalue weighted by molar-refractivity contribution is 6.30. The Morgan fingerprint density at radius 1 is 1.06 bits per heavy atom. The van der Waals surface area contributed by atoms with Crippen molar-refractivity contribution in [2.75, 3.05) is 5.32 Å². The molecule has 16 heavy (non-hydrogen) atoms. The van der Waals surface area contributed by atoms with Gasteiger partial charge >= 0.3 is 0 Å². The lowest BCUT2D eigenvalue weighted by Gasteiger charge is -2.06. The average Bonchev–Trinajstić information content (AvgIpc) is 2.28. The molecule has 0 bridgehead atoms. The van der Waals surface area contributed by atoms with Crippen molar-refractivity contribution in [1.82, 2.24) is 0 Å². The number of rotatable bonds is 3. The molecule has 0 atom stereocenters. The second-order valence-electron chi connectivity index (χ2n) is 3.49. The molecule has 0 aromatic heterocycles. The van der Waals surface area contributed by atoms with Crippen LogP contribution < -0.4 is 5.32 Å². The highest BCUT2D eigenvalue weighted by atomic mass is 35.5. The molecule has 2 aromatic rings. The molecule has 0 heterocycles. The molecular weight excluding hydrogens is 225 g/mol. The third-order valence-electron chi connectivity index (χ3n) is 2.23. The van der Waals surface area contributed by atoms with Crippen molar-refractivity contribution in [3.63, 3.8) is 0 Å². The zero-order chi connectivity index (χ0) is 11.4. The Balaban J connectivity index is 1.99. The van der Waals surface area contributed by atoms with Gasteiger partial charge in [0.1, 0.15) is 5.82 Å². The summed E-state index contributed by atoms with van der Waals surface area (Å²) in [5, 5.41) is 3.91. The SMILES string of the molecule is Fc1ccc(CNc2cccc(Cl)c2)cc1. The molecule has 0 spiro atoms. The Morgan fingerprint density at radius 3 is 2.50 bits per heavy atom. The monoisotopic (exact) mass is 235 g/mol. The van der Waals surface area contributed by atoms with E-state index in [1.54, 1.807) is 12.1 Å². The number of nitrogens with one attached hydrogen (secondary N) is 1. The second-order valence-corrected chi connectivity index (χ2v) is 3.93. The molecule has 1 N–H and O–H groups in total. The third kappa shape index (κ3) is 2.97. The molecule has 1 nitrogen and oxygen atoms in total. The summed E-state index contributed by atoms with van der Waals surface area (Å²) in [6.07, 6.45) is 0. The summed E-state index contributed by atoms with van der Waals surface area (Å²) < 4.78 is 12.7. The highest BCUT2D eigenvalue weighted by Crippen LogP contribution is 2.15. The third-order valence-corrected chi connectivity index (χ3v) is 2.47. The molecule has 0 aliphatic heterocycles. The van der Waals surface area contributed by atoms with Crippen molar-refractivity contribution < 1.29 is 4.39 Å². The molecule has 0 fully saturated rings. The maximum atomic E-state index is 12.7. The molecule has 0 amide bonds. The lowest BCUT2D eigenvalue weighted by molar-refractivity contribution is 0.627. The van der Waals surface area contributed by atoms with Gasteiger partial charge in [-0.3, -0.25) is 0 Å². The van der Waals surface area contributed by atoms with E-state index in [1.165, 1.54) is 12.1 Å². The normalized spacial score (nSPS) is 10.1. The number of hydrogen-bond donors (Lipinski definition) is 1. The van der Waals surface area contributed by atoms with E-state index in [0.717, 1.165) is 11.3 Å². The van der Waals surface area contributed by atoms with Crippen LogP contribution in [0.5, 0.6) is 0 Å². The Bertz CT molecular complexity index is 468. The topological polar surface area (TPSA) is 12.0 Å². The van der Waals surface area contributed by atoms with E-state index < -0.39 is 0 Å². The van der Waals surface area contributed by atoms with Gasteiger partial charge in [-0.2, -0.15) is 0 Å². The number of benzene rings is 2.